The molecule has 2 aliphatic rings. The first kappa shape index (κ1) is 18.2. The molecule has 1 aromatic carbocycles. The molecule has 1 aliphatic heterocycles. The quantitative estimate of drug-likeness (QED) is 0.586. The molecule has 0 bridgehead atoms. The Bertz CT molecular complexity index is 559. The summed E-state index contributed by atoms with van der Waals surface area (Å²) in [7, 11) is 1.85. The molecule has 0 radical (unpaired) electrons. The first-order valence-electron chi connectivity index (χ1n) is 9.74. The van der Waals surface area contributed by atoms with Crippen molar-refractivity contribution in [3.8, 4) is 0 Å². The molecule has 0 spiro atoms. The Labute approximate surface area is 152 Å². The van der Waals surface area contributed by atoms with Gasteiger partial charge in [0.25, 0.3) is 0 Å². The molecule has 5 nitrogen and oxygen atoms in total. The summed E-state index contributed by atoms with van der Waals surface area (Å²) >= 11 is 0. The van der Waals surface area contributed by atoms with Crippen molar-refractivity contribution < 1.29 is 0 Å². The fraction of sp³-hybridized carbons (Fsp3) is 0.650. The molecule has 1 heterocycles. The van der Waals surface area contributed by atoms with Gasteiger partial charge in [-0.15, -0.1) is 0 Å². The Kier molecular flexibility index (Phi) is 6.70. The molecule has 138 valence electrons. The normalized spacial score (nSPS) is 19.8. The van der Waals surface area contributed by atoms with E-state index in [1.54, 1.807) is 0 Å². The van der Waals surface area contributed by atoms with Crippen LogP contribution in [0.3, 0.4) is 0 Å². The minimum Gasteiger partial charge on any atom is -0.356 e. The number of nitrogens with one attached hydrogen (secondary N) is 2. The van der Waals surface area contributed by atoms with E-state index in [4.69, 9.17) is 0 Å². The Morgan fingerprint density at radius 2 is 1.72 bits per heavy atom. The number of hydrogen-bond acceptors (Lipinski definition) is 3. The van der Waals surface area contributed by atoms with Gasteiger partial charge in [-0.05, 0) is 36.4 Å². The van der Waals surface area contributed by atoms with Crippen molar-refractivity contribution in [3.05, 3.63) is 35.4 Å². The van der Waals surface area contributed by atoms with E-state index in [1.807, 2.05) is 7.05 Å². The van der Waals surface area contributed by atoms with E-state index in [2.05, 4.69) is 56.6 Å². The third kappa shape index (κ3) is 5.72. The summed E-state index contributed by atoms with van der Waals surface area (Å²) in [5.41, 5.74) is 2.80. The van der Waals surface area contributed by atoms with Crippen LogP contribution in [-0.2, 0) is 13.1 Å². The maximum absolute atomic E-state index is 4.34. The Morgan fingerprint density at radius 1 is 1.04 bits per heavy atom. The highest BCUT2D eigenvalue weighted by molar-refractivity contribution is 5.79. The lowest BCUT2D eigenvalue weighted by Gasteiger charge is -2.34. The Balaban J connectivity index is 1.51. The first-order valence-corrected chi connectivity index (χ1v) is 9.74. The van der Waals surface area contributed by atoms with E-state index in [0.29, 0.717) is 0 Å². The van der Waals surface area contributed by atoms with Gasteiger partial charge in [0.2, 0.25) is 0 Å². The van der Waals surface area contributed by atoms with E-state index in [9.17, 15) is 0 Å². The number of nitrogens with zero attached hydrogens (tertiary/aromatic N) is 3. The van der Waals surface area contributed by atoms with E-state index >= 15 is 0 Å². The third-order valence-corrected chi connectivity index (χ3v) is 5.35. The molecule has 0 atom stereocenters. The van der Waals surface area contributed by atoms with Crippen molar-refractivity contribution in [3.63, 3.8) is 0 Å². The number of aliphatic imine (C=N–C) groups is 1. The highest BCUT2D eigenvalue weighted by Crippen LogP contribution is 2.27. The van der Waals surface area contributed by atoms with Crippen LogP contribution in [0.5, 0.6) is 0 Å². The topological polar surface area (TPSA) is 42.9 Å². The fourth-order valence-corrected chi connectivity index (χ4v) is 3.35. The molecular formula is C20H33N5. The van der Waals surface area contributed by atoms with Crippen molar-refractivity contribution in [1.29, 1.82) is 0 Å². The molecule has 25 heavy (non-hydrogen) atoms. The smallest absolute Gasteiger partial charge is 0.191 e. The SMILES string of the molecule is CCN1CCN(Cc2ccccc2CNC(=NC)NCC2CC2)CC1. The molecule has 0 amide bonds. The monoisotopic (exact) mass is 343 g/mol. The van der Waals surface area contributed by atoms with Gasteiger partial charge in [-0.1, -0.05) is 31.2 Å². The van der Waals surface area contributed by atoms with Gasteiger partial charge >= 0.3 is 0 Å². The number of benzene rings is 1. The zero-order valence-electron chi connectivity index (χ0n) is 15.8. The summed E-state index contributed by atoms with van der Waals surface area (Å²) in [5, 5.41) is 6.91. The van der Waals surface area contributed by atoms with Crippen LogP contribution in [0, 0.1) is 5.92 Å². The van der Waals surface area contributed by atoms with Crippen molar-refractivity contribution in [2.75, 3.05) is 46.3 Å². The van der Waals surface area contributed by atoms with Crippen LogP contribution in [0.2, 0.25) is 0 Å². The van der Waals surface area contributed by atoms with Crippen molar-refractivity contribution >= 4 is 5.96 Å². The Hall–Kier alpha value is -1.59. The van der Waals surface area contributed by atoms with Crippen LogP contribution >= 0.6 is 0 Å². The number of guanidine groups is 1. The number of hydrogen-bond donors (Lipinski definition) is 2. The molecule has 1 aliphatic carbocycles. The minimum absolute atomic E-state index is 0.829. The molecule has 1 saturated heterocycles. The van der Waals surface area contributed by atoms with Gasteiger partial charge < -0.3 is 15.5 Å². The highest BCUT2D eigenvalue weighted by atomic mass is 15.3. The summed E-state index contributed by atoms with van der Waals surface area (Å²) in [6.45, 7) is 11.0. The molecule has 2 N–H and O–H groups in total. The van der Waals surface area contributed by atoms with Crippen molar-refractivity contribution in [1.82, 2.24) is 20.4 Å². The molecule has 0 aromatic heterocycles. The standard InChI is InChI=1S/C20H33N5/c1-3-24-10-12-25(13-11-24)16-19-7-5-4-6-18(19)15-23-20(21-2)22-14-17-8-9-17/h4-7,17H,3,8-16H2,1-2H3,(H2,21,22,23). The fourth-order valence-electron chi connectivity index (χ4n) is 3.35. The summed E-state index contributed by atoms with van der Waals surface area (Å²) in [6, 6.07) is 8.79. The maximum Gasteiger partial charge on any atom is 0.191 e. The molecule has 1 saturated carbocycles. The van der Waals surface area contributed by atoms with Gasteiger partial charge in [0.15, 0.2) is 5.96 Å². The van der Waals surface area contributed by atoms with Gasteiger partial charge in [0.1, 0.15) is 0 Å². The molecular weight excluding hydrogens is 310 g/mol. The Morgan fingerprint density at radius 3 is 2.36 bits per heavy atom. The molecule has 2 fully saturated rings. The predicted octanol–water partition coefficient (Wildman–Crippen LogP) is 1.90. The number of likely N-dealkylation sites (N-methyl/N-ethyl adjacent to an activating group) is 1. The average molecular weight is 344 g/mol. The second-order valence-electron chi connectivity index (χ2n) is 7.23. The van der Waals surface area contributed by atoms with Gasteiger partial charge in [-0.3, -0.25) is 9.89 Å². The summed E-state index contributed by atoms with van der Waals surface area (Å²) in [4.78, 5) is 9.45. The molecule has 0 unspecified atom stereocenters. The lowest BCUT2D eigenvalue weighted by Crippen LogP contribution is -2.45. The minimum atomic E-state index is 0.829. The van der Waals surface area contributed by atoms with Gasteiger partial charge in [0, 0.05) is 52.9 Å². The largest absolute Gasteiger partial charge is 0.356 e. The van der Waals surface area contributed by atoms with Crippen LogP contribution in [0.15, 0.2) is 29.3 Å². The maximum atomic E-state index is 4.34. The van der Waals surface area contributed by atoms with E-state index in [0.717, 1.165) is 31.5 Å². The van der Waals surface area contributed by atoms with Crippen molar-refractivity contribution in [2.24, 2.45) is 10.9 Å². The van der Waals surface area contributed by atoms with Gasteiger partial charge in [-0.2, -0.15) is 0 Å². The molecule has 3 rings (SSSR count). The second kappa shape index (κ2) is 9.20. The average Bonchev–Trinajstić information content (AvgIpc) is 3.48. The number of piperazine rings is 1. The zero-order valence-corrected chi connectivity index (χ0v) is 15.8. The predicted molar refractivity (Wildman–Crippen MR) is 105 cm³/mol. The highest BCUT2D eigenvalue weighted by Gasteiger charge is 2.21. The summed E-state index contributed by atoms with van der Waals surface area (Å²) in [5.74, 6) is 1.77. The second-order valence-corrected chi connectivity index (χ2v) is 7.23. The first-order chi connectivity index (χ1) is 12.3. The molecule has 5 heteroatoms. The van der Waals surface area contributed by atoms with Crippen molar-refractivity contribution in [2.45, 2.75) is 32.9 Å². The summed E-state index contributed by atoms with van der Waals surface area (Å²) < 4.78 is 0. The molecule has 1 aromatic rings. The van der Waals surface area contributed by atoms with Crippen LogP contribution < -0.4 is 10.6 Å². The van der Waals surface area contributed by atoms with E-state index in [-0.39, 0.29) is 0 Å². The van der Waals surface area contributed by atoms with Crippen LogP contribution in [0.25, 0.3) is 0 Å². The van der Waals surface area contributed by atoms with Gasteiger partial charge in [-0.25, -0.2) is 0 Å². The number of rotatable bonds is 7. The van der Waals surface area contributed by atoms with Crippen LogP contribution in [0.1, 0.15) is 30.9 Å². The lowest BCUT2D eigenvalue weighted by molar-refractivity contribution is 0.131. The van der Waals surface area contributed by atoms with Gasteiger partial charge in [0.05, 0.1) is 0 Å². The lowest BCUT2D eigenvalue weighted by atomic mass is 10.1. The van der Waals surface area contributed by atoms with Crippen LogP contribution in [-0.4, -0.2) is 62.1 Å². The summed E-state index contributed by atoms with van der Waals surface area (Å²) in [6.07, 6.45) is 2.72. The zero-order chi connectivity index (χ0) is 17.5. The van der Waals surface area contributed by atoms with E-state index < -0.39 is 0 Å². The van der Waals surface area contributed by atoms with Crippen LogP contribution in [0.4, 0.5) is 0 Å². The third-order valence-electron chi connectivity index (χ3n) is 5.35. The van der Waals surface area contributed by atoms with E-state index in [1.165, 1.54) is 56.7 Å².